The number of fused-ring (bicyclic) bond motifs is 1. The van der Waals surface area contributed by atoms with Crippen molar-refractivity contribution in [2.45, 2.75) is 32.6 Å². The number of hydrogen-bond acceptors (Lipinski definition) is 2. The Balaban J connectivity index is 1.48. The minimum Gasteiger partial charge on any atom is -0.478 e. The number of nitrogens with zero attached hydrogens (tertiary/aromatic N) is 1. The van der Waals surface area contributed by atoms with Crippen LogP contribution in [-0.2, 0) is 6.42 Å². The molecule has 3 aromatic rings. The van der Waals surface area contributed by atoms with E-state index in [0.29, 0.717) is 18.4 Å². The summed E-state index contributed by atoms with van der Waals surface area (Å²) in [5.74, 6) is 1.22. The summed E-state index contributed by atoms with van der Waals surface area (Å²) >= 11 is 0. The molecule has 1 N–H and O–H groups in total. The Morgan fingerprint density at radius 1 is 1.14 bits per heavy atom. The van der Waals surface area contributed by atoms with E-state index in [9.17, 15) is 0 Å². The number of nitrogens with one attached hydrogen (secondary N) is 1. The van der Waals surface area contributed by atoms with E-state index in [-0.39, 0.29) is 0 Å². The molecule has 0 amide bonds. The van der Waals surface area contributed by atoms with Crippen LogP contribution in [0.15, 0.2) is 48.8 Å². The van der Waals surface area contributed by atoms with Gasteiger partial charge in [0.15, 0.2) is 0 Å². The maximum atomic E-state index is 5.72. The quantitative estimate of drug-likeness (QED) is 0.669. The zero-order valence-electron chi connectivity index (χ0n) is 13.2. The molecule has 2 heterocycles. The van der Waals surface area contributed by atoms with E-state index in [4.69, 9.17) is 4.74 Å². The third kappa shape index (κ3) is 3.48. The fourth-order valence-corrected chi connectivity index (χ4v) is 2.52. The van der Waals surface area contributed by atoms with Crippen molar-refractivity contribution in [1.82, 2.24) is 9.97 Å². The summed E-state index contributed by atoms with van der Waals surface area (Å²) in [5, 5.41) is 1.26. The number of ether oxygens (including phenoxy) is 1. The minimum absolute atomic E-state index is 0.504. The SMILES string of the molecule is CC(C)c1ccc(OCCCc2ccc3cc[nH]c3c2)nc1. The van der Waals surface area contributed by atoms with Crippen molar-refractivity contribution in [3.8, 4) is 5.88 Å². The van der Waals surface area contributed by atoms with E-state index >= 15 is 0 Å². The normalized spacial score (nSPS) is 11.2. The Kier molecular flexibility index (Phi) is 4.42. The van der Waals surface area contributed by atoms with Gasteiger partial charge in [-0.3, -0.25) is 0 Å². The van der Waals surface area contributed by atoms with Gasteiger partial charge in [0.1, 0.15) is 0 Å². The molecule has 0 atom stereocenters. The molecule has 114 valence electrons. The van der Waals surface area contributed by atoms with Gasteiger partial charge in [-0.25, -0.2) is 4.98 Å². The van der Waals surface area contributed by atoms with E-state index in [2.05, 4.69) is 54.1 Å². The average Bonchev–Trinajstić information content (AvgIpc) is 2.99. The monoisotopic (exact) mass is 294 g/mol. The molecule has 3 heteroatoms. The number of pyridine rings is 1. The number of hydrogen-bond donors (Lipinski definition) is 1. The minimum atomic E-state index is 0.504. The van der Waals surface area contributed by atoms with Crippen molar-refractivity contribution in [2.24, 2.45) is 0 Å². The lowest BCUT2D eigenvalue weighted by Crippen LogP contribution is -2.01. The van der Waals surface area contributed by atoms with Crippen LogP contribution in [0, 0.1) is 0 Å². The van der Waals surface area contributed by atoms with Gasteiger partial charge < -0.3 is 9.72 Å². The molecule has 0 saturated heterocycles. The van der Waals surface area contributed by atoms with Gasteiger partial charge in [0.2, 0.25) is 5.88 Å². The van der Waals surface area contributed by atoms with Crippen LogP contribution < -0.4 is 4.74 Å². The summed E-state index contributed by atoms with van der Waals surface area (Å²) in [6.07, 6.45) is 5.88. The van der Waals surface area contributed by atoms with E-state index in [1.807, 2.05) is 18.5 Å². The summed E-state index contributed by atoms with van der Waals surface area (Å²) in [7, 11) is 0. The number of aryl methyl sites for hydroxylation is 1. The highest BCUT2D eigenvalue weighted by Gasteiger charge is 2.01. The van der Waals surface area contributed by atoms with Crippen LogP contribution >= 0.6 is 0 Å². The van der Waals surface area contributed by atoms with Crippen LogP contribution in [0.1, 0.15) is 37.3 Å². The van der Waals surface area contributed by atoms with Crippen LogP contribution in [0.2, 0.25) is 0 Å². The Morgan fingerprint density at radius 3 is 2.82 bits per heavy atom. The molecule has 2 aromatic heterocycles. The Labute approximate surface area is 131 Å². The second kappa shape index (κ2) is 6.65. The number of H-pyrrole nitrogens is 1. The Hall–Kier alpha value is -2.29. The lowest BCUT2D eigenvalue weighted by atomic mass is 10.1. The first-order valence-corrected chi connectivity index (χ1v) is 7.87. The van der Waals surface area contributed by atoms with E-state index in [0.717, 1.165) is 12.8 Å². The van der Waals surface area contributed by atoms with Crippen LogP contribution in [-0.4, -0.2) is 16.6 Å². The van der Waals surface area contributed by atoms with Gasteiger partial charge >= 0.3 is 0 Å². The highest BCUT2D eigenvalue weighted by atomic mass is 16.5. The molecule has 0 fully saturated rings. The smallest absolute Gasteiger partial charge is 0.213 e. The van der Waals surface area contributed by atoms with Crippen molar-refractivity contribution >= 4 is 10.9 Å². The highest BCUT2D eigenvalue weighted by molar-refractivity contribution is 5.79. The number of benzene rings is 1. The maximum absolute atomic E-state index is 5.72. The van der Waals surface area contributed by atoms with Crippen molar-refractivity contribution in [2.75, 3.05) is 6.61 Å². The molecule has 0 saturated carbocycles. The van der Waals surface area contributed by atoms with Crippen molar-refractivity contribution in [3.63, 3.8) is 0 Å². The topological polar surface area (TPSA) is 37.9 Å². The van der Waals surface area contributed by atoms with Gasteiger partial charge in [-0.1, -0.05) is 32.0 Å². The first kappa shape index (κ1) is 14.6. The third-order valence-electron chi connectivity index (χ3n) is 3.91. The number of rotatable bonds is 6. The molecule has 0 aliphatic carbocycles. The molecule has 0 aliphatic heterocycles. The number of aromatic nitrogens is 2. The molecule has 0 spiro atoms. The first-order chi connectivity index (χ1) is 10.7. The van der Waals surface area contributed by atoms with E-state index in [1.54, 1.807) is 0 Å². The van der Waals surface area contributed by atoms with Crippen molar-refractivity contribution in [1.29, 1.82) is 0 Å². The standard InChI is InChI=1S/C19H22N2O/c1-14(2)17-7-8-19(21-13-17)22-11-3-4-15-5-6-16-9-10-20-18(16)12-15/h5-10,12-14,20H,3-4,11H2,1-2H3. The predicted octanol–water partition coefficient (Wildman–Crippen LogP) is 4.70. The molecule has 0 unspecified atom stereocenters. The van der Waals surface area contributed by atoms with Gasteiger partial charge in [0.25, 0.3) is 0 Å². The number of aromatic amines is 1. The van der Waals surface area contributed by atoms with E-state index < -0.39 is 0 Å². The van der Waals surface area contributed by atoms with Gasteiger partial charge in [0, 0.05) is 24.0 Å². The van der Waals surface area contributed by atoms with Crippen molar-refractivity contribution < 1.29 is 4.74 Å². The summed E-state index contributed by atoms with van der Waals surface area (Å²) in [4.78, 5) is 7.60. The predicted molar refractivity (Wildman–Crippen MR) is 90.4 cm³/mol. The summed E-state index contributed by atoms with van der Waals surface area (Å²) in [5.41, 5.74) is 3.78. The largest absolute Gasteiger partial charge is 0.478 e. The van der Waals surface area contributed by atoms with Crippen LogP contribution in [0.4, 0.5) is 0 Å². The molecule has 0 bridgehead atoms. The summed E-state index contributed by atoms with van der Waals surface area (Å²) in [6.45, 7) is 5.02. The molecule has 3 nitrogen and oxygen atoms in total. The van der Waals surface area contributed by atoms with Crippen LogP contribution in [0.3, 0.4) is 0 Å². The average molecular weight is 294 g/mol. The molecule has 0 radical (unpaired) electrons. The zero-order valence-corrected chi connectivity index (χ0v) is 13.2. The fraction of sp³-hybridized carbons (Fsp3) is 0.316. The van der Waals surface area contributed by atoms with E-state index in [1.165, 1.54) is 22.0 Å². The second-order valence-electron chi connectivity index (χ2n) is 5.94. The first-order valence-electron chi connectivity index (χ1n) is 7.87. The summed E-state index contributed by atoms with van der Waals surface area (Å²) < 4.78 is 5.72. The van der Waals surface area contributed by atoms with Crippen LogP contribution in [0.5, 0.6) is 5.88 Å². The maximum Gasteiger partial charge on any atom is 0.213 e. The Morgan fingerprint density at radius 2 is 2.05 bits per heavy atom. The molecular weight excluding hydrogens is 272 g/mol. The fourth-order valence-electron chi connectivity index (χ4n) is 2.52. The molecule has 22 heavy (non-hydrogen) atoms. The second-order valence-corrected chi connectivity index (χ2v) is 5.94. The Bertz CT molecular complexity index is 729. The molecule has 3 rings (SSSR count). The third-order valence-corrected chi connectivity index (χ3v) is 3.91. The lowest BCUT2D eigenvalue weighted by molar-refractivity contribution is 0.299. The molecule has 0 aliphatic rings. The van der Waals surface area contributed by atoms with Gasteiger partial charge in [0.05, 0.1) is 6.61 Å². The van der Waals surface area contributed by atoms with Gasteiger partial charge in [-0.15, -0.1) is 0 Å². The van der Waals surface area contributed by atoms with Gasteiger partial charge in [-0.05, 0) is 47.4 Å². The van der Waals surface area contributed by atoms with Crippen LogP contribution in [0.25, 0.3) is 10.9 Å². The lowest BCUT2D eigenvalue weighted by Gasteiger charge is -2.08. The molecular formula is C19H22N2O. The zero-order chi connectivity index (χ0) is 15.4. The highest BCUT2D eigenvalue weighted by Crippen LogP contribution is 2.17. The van der Waals surface area contributed by atoms with Gasteiger partial charge in [-0.2, -0.15) is 0 Å². The van der Waals surface area contributed by atoms with Crippen molar-refractivity contribution in [3.05, 3.63) is 59.9 Å². The summed E-state index contributed by atoms with van der Waals surface area (Å²) in [6, 6.07) is 12.7. The molecule has 1 aromatic carbocycles.